The Morgan fingerprint density at radius 1 is 1.26 bits per heavy atom. The summed E-state index contributed by atoms with van der Waals surface area (Å²) < 4.78 is 25.8. The number of nitrogens with zero attached hydrogens (tertiary/aromatic N) is 5. The molecule has 0 aliphatic carbocycles. The molecule has 2 aromatic rings. The molecule has 4 heterocycles. The average molecular weight is 469 g/mol. The van der Waals surface area contributed by atoms with Crippen LogP contribution >= 0.6 is 0 Å². The largest absolute Gasteiger partial charge is 0.483 e. The SMILES string of the molecule is CC=Nc1ccc(F)c2c1N(C=O)CC2CN1CCC(NCc2ncc3c(n2)OCCO3)CC1. The summed E-state index contributed by atoms with van der Waals surface area (Å²) in [5, 5.41) is 3.54. The maximum atomic E-state index is 14.8. The second kappa shape index (κ2) is 10.0. The summed E-state index contributed by atoms with van der Waals surface area (Å²) in [7, 11) is 0. The predicted molar refractivity (Wildman–Crippen MR) is 126 cm³/mol. The summed E-state index contributed by atoms with van der Waals surface area (Å²) in [5.41, 5.74) is 1.85. The zero-order valence-corrected chi connectivity index (χ0v) is 19.2. The predicted octanol–water partition coefficient (Wildman–Crippen LogP) is 2.42. The van der Waals surface area contributed by atoms with Crippen LogP contribution in [0.5, 0.6) is 11.6 Å². The zero-order chi connectivity index (χ0) is 23.5. The molecule has 180 valence electrons. The monoisotopic (exact) mass is 468 g/mol. The Balaban J connectivity index is 1.17. The van der Waals surface area contributed by atoms with Gasteiger partial charge in [-0.25, -0.2) is 9.37 Å². The molecule has 1 N–H and O–H groups in total. The number of ether oxygens (including phenoxy) is 2. The number of halogens is 1. The first-order valence-electron chi connectivity index (χ1n) is 11.8. The quantitative estimate of drug-likeness (QED) is 0.493. The van der Waals surface area contributed by atoms with Gasteiger partial charge in [0, 0.05) is 36.8 Å². The van der Waals surface area contributed by atoms with E-state index < -0.39 is 0 Å². The molecule has 1 aromatic heterocycles. The number of carbonyl (C=O) groups excluding carboxylic acids is 1. The van der Waals surface area contributed by atoms with E-state index in [2.05, 4.69) is 25.2 Å². The van der Waals surface area contributed by atoms with Crippen LogP contribution in [0.1, 0.15) is 37.1 Å². The van der Waals surface area contributed by atoms with E-state index in [1.807, 2.05) is 6.92 Å². The molecule has 0 radical (unpaired) electrons. The second-order valence-electron chi connectivity index (χ2n) is 8.78. The highest BCUT2D eigenvalue weighted by molar-refractivity contribution is 5.89. The third-order valence-corrected chi connectivity index (χ3v) is 6.62. The summed E-state index contributed by atoms with van der Waals surface area (Å²) >= 11 is 0. The van der Waals surface area contributed by atoms with Crippen molar-refractivity contribution in [2.45, 2.75) is 38.3 Å². The van der Waals surface area contributed by atoms with Gasteiger partial charge in [0.15, 0.2) is 5.75 Å². The van der Waals surface area contributed by atoms with Gasteiger partial charge in [-0.3, -0.25) is 9.79 Å². The summed E-state index contributed by atoms with van der Waals surface area (Å²) in [5.74, 6) is 1.45. The number of hydrogen-bond acceptors (Lipinski definition) is 8. The summed E-state index contributed by atoms with van der Waals surface area (Å²) in [6, 6.07) is 3.45. The first-order valence-corrected chi connectivity index (χ1v) is 11.8. The van der Waals surface area contributed by atoms with E-state index >= 15 is 0 Å². The van der Waals surface area contributed by atoms with Crippen LogP contribution in [-0.4, -0.2) is 72.9 Å². The van der Waals surface area contributed by atoms with E-state index in [-0.39, 0.29) is 11.7 Å². The van der Waals surface area contributed by atoms with Crippen LogP contribution in [0.25, 0.3) is 0 Å². The van der Waals surface area contributed by atoms with E-state index in [1.54, 1.807) is 23.4 Å². The van der Waals surface area contributed by atoms with E-state index in [0.717, 1.165) is 32.3 Å². The molecule has 1 atom stereocenters. The molecule has 3 aliphatic heterocycles. The van der Waals surface area contributed by atoms with Crippen LogP contribution < -0.4 is 19.7 Å². The first-order chi connectivity index (χ1) is 16.7. The molecule has 9 nitrogen and oxygen atoms in total. The Morgan fingerprint density at radius 3 is 2.88 bits per heavy atom. The number of benzene rings is 1. The Bertz CT molecular complexity index is 1070. The summed E-state index contributed by atoms with van der Waals surface area (Å²) in [4.78, 5) is 28.8. The number of piperidine rings is 1. The molecule has 0 saturated carbocycles. The fourth-order valence-electron chi connectivity index (χ4n) is 5.00. The van der Waals surface area contributed by atoms with E-state index in [0.29, 0.717) is 73.3 Å². The molecule has 5 rings (SSSR count). The number of anilines is 1. The van der Waals surface area contributed by atoms with Gasteiger partial charge >= 0.3 is 0 Å². The van der Waals surface area contributed by atoms with Crippen LogP contribution in [0, 0.1) is 5.82 Å². The van der Waals surface area contributed by atoms with Crippen molar-refractivity contribution in [3.8, 4) is 11.6 Å². The van der Waals surface area contributed by atoms with Gasteiger partial charge in [-0.05, 0) is 45.0 Å². The molecule has 1 saturated heterocycles. The molecule has 0 bridgehead atoms. The number of fused-ring (bicyclic) bond motifs is 2. The average Bonchev–Trinajstić information content (AvgIpc) is 3.24. The van der Waals surface area contributed by atoms with Crippen molar-refractivity contribution in [3.63, 3.8) is 0 Å². The Kier molecular flexibility index (Phi) is 6.68. The lowest BCUT2D eigenvalue weighted by atomic mass is 9.97. The molecule has 3 aliphatic rings. The van der Waals surface area contributed by atoms with Gasteiger partial charge in [0.05, 0.1) is 24.1 Å². The smallest absolute Gasteiger partial charge is 0.260 e. The Labute approximate surface area is 198 Å². The van der Waals surface area contributed by atoms with Crippen molar-refractivity contribution >= 4 is 24.0 Å². The normalized spacial score (nSPS) is 20.6. The number of aliphatic imine (C=N–C) groups is 1. The van der Waals surface area contributed by atoms with E-state index in [1.165, 1.54) is 6.07 Å². The summed E-state index contributed by atoms with van der Waals surface area (Å²) in [6.07, 6.45) is 6.06. The minimum Gasteiger partial charge on any atom is -0.483 e. The van der Waals surface area contributed by atoms with Gasteiger partial charge in [-0.15, -0.1) is 0 Å². The molecule has 1 amide bonds. The summed E-state index contributed by atoms with van der Waals surface area (Å²) in [6.45, 7) is 6.40. The number of carbonyl (C=O) groups is 1. The standard InChI is InChI=1S/C24H29FN6O3/c1-2-26-19-4-3-18(25)22-16(14-31(15-32)23(19)22)13-30-7-5-17(6-8-30)27-12-21-28-11-20-24(29-21)34-10-9-33-20/h2-4,11,15-17,27H,5-10,12-14H2,1H3. The Morgan fingerprint density at radius 2 is 2.09 bits per heavy atom. The van der Waals surface area contributed by atoms with Gasteiger partial charge in [0.1, 0.15) is 24.9 Å². The van der Waals surface area contributed by atoms with E-state index in [9.17, 15) is 9.18 Å². The topological polar surface area (TPSA) is 92.2 Å². The lowest BCUT2D eigenvalue weighted by molar-refractivity contribution is -0.107. The van der Waals surface area contributed by atoms with Crippen LogP contribution in [-0.2, 0) is 11.3 Å². The van der Waals surface area contributed by atoms with Gasteiger partial charge in [-0.2, -0.15) is 4.98 Å². The molecule has 0 spiro atoms. The fourth-order valence-corrected chi connectivity index (χ4v) is 5.00. The minimum atomic E-state index is -0.268. The van der Waals surface area contributed by atoms with Crippen molar-refractivity contribution in [1.82, 2.24) is 20.2 Å². The molecule has 1 aromatic carbocycles. The van der Waals surface area contributed by atoms with Crippen LogP contribution in [0.3, 0.4) is 0 Å². The third kappa shape index (κ3) is 4.60. The van der Waals surface area contributed by atoms with E-state index in [4.69, 9.17) is 9.47 Å². The van der Waals surface area contributed by atoms with Gasteiger partial charge < -0.3 is 24.6 Å². The number of rotatable bonds is 7. The van der Waals surface area contributed by atoms with Crippen molar-refractivity contribution in [3.05, 3.63) is 35.5 Å². The number of hydrogen-bond donors (Lipinski definition) is 1. The maximum absolute atomic E-state index is 14.8. The lowest BCUT2D eigenvalue weighted by Crippen LogP contribution is -2.44. The number of amides is 1. The molecule has 10 heteroatoms. The fraction of sp³-hybridized carbons (Fsp3) is 0.500. The Hall–Kier alpha value is -3.11. The van der Waals surface area contributed by atoms with Gasteiger partial charge in [0.2, 0.25) is 6.41 Å². The number of likely N-dealkylation sites (tertiary alicyclic amines) is 1. The third-order valence-electron chi connectivity index (χ3n) is 6.62. The molecule has 34 heavy (non-hydrogen) atoms. The number of nitrogens with one attached hydrogen (secondary N) is 1. The highest BCUT2D eigenvalue weighted by atomic mass is 19.1. The van der Waals surface area contributed by atoms with Crippen LogP contribution in [0.15, 0.2) is 23.3 Å². The van der Waals surface area contributed by atoms with Gasteiger partial charge in [0.25, 0.3) is 5.88 Å². The second-order valence-corrected chi connectivity index (χ2v) is 8.78. The number of aromatic nitrogens is 2. The van der Waals surface area contributed by atoms with Crippen molar-refractivity contribution in [1.29, 1.82) is 0 Å². The van der Waals surface area contributed by atoms with Crippen molar-refractivity contribution in [2.24, 2.45) is 4.99 Å². The zero-order valence-electron chi connectivity index (χ0n) is 19.2. The first kappa shape index (κ1) is 22.7. The highest BCUT2D eigenvalue weighted by Crippen LogP contribution is 2.44. The maximum Gasteiger partial charge on any atom is 0.260 e. The molecule has 1 fully saturated rings. The van der Waals surface area contributed by atoms with Gasteiger partial charge in [-0.1, -0.05) is 0 Å². The molecular weight excluding hydrogens is 439 g/mol. The highest BCUT2D eigenvalue weighted by Gasteiger charge is 2.35. The lowest BCUT2D eigenvalue weighted by Gasteiger charge is -2.34. The molecule has 1 unspecified atom stereocenters. The molecular formula is C24H29FN6O3. The van der Waals surface area contributed by atoms with Crippen molar-refractivity contribution in [2.75, 3.05) is 44.3 Å². The van der Waals surface area contributed by atoms with Crippen molar-refractivity contribution < 1.29 is 18.7 Å². The van der Waals surface area contributed by atoms with Crippen LogP contribution in [0.4, 0.5) is 15.8 Å². The van der Waals surface area contributed by atoms with Crippen LogP contribution in [0.2, 0.25) is 0 Å². The minimum absolute atomic E-state index is 0.0668.